The van der Waals surface area contributed by atoms with Crippen LogP contribution in [0.3, 0.4) is 0 Å². The van der Waals surface area contributed by atoms with E-state index in [0.717, 1.165) is 4.57 Å². The Labute approximate surface area is 146 Å². The summed E-state index contributed by atoms with van der Waals surface area (Å²) in [7, 11) is -9.52. The summed E-state index contributed by atoms with van der Waals surface area (Å²) in [5, 5.41) is 19.9. The van der Waals surface area contributed by atoms with Crippen molar-refractivity contribution in [1.29, 1.82) is 0 Å². The number of rotatable bonds is 6. The molecule has 0 aromatic carbocycles. The van der Waals surface area contributed by atoms with Gasteiger partial charge in [0.15, 0.2) is 23.5 Å². The normalized spacial score (nSPS) is 23.0. The Morgan fingerprint density at radius 2 is 2.00 bits per heavy atom. The van der Waals surface area contributed by atoms with Crippen LogP contribution in [0.1, 0.15) is 11.8 Å². The zero-order valence-corrected chi connectivity index (χ0v) is 15.1. The van der Waals surface area contributed by atoms with Crippen molar-refractivity contribution in [1.82, 2.24) is 9.55 Å². The molecular weight excluding hydrogens is 396 g/mol. The molecule has 146 valence electrons. The second-order valence-electron chi connectivity index (χ2n) is 5.48. The SMILES string of the molecule is Cc1cn([C@@H]2OC(COP(=O)(O)CP(=O)(O)O)=C(O)C2O)c(=O)nc1N. The van der Waals surface area contributed by atoms with E-state index in [4.69, 9.17) is 20.3 Å². The smallest absolute Gasteiger partial charge is 0.352 e. The molecule has 0 fully saturated rings. The van der Waals surface area contributed by atoms with Gasteiger partial charge in [0.25, 0.3) is 0 Å². The van der Waals surface area contributed by atoms with Crippen LogP contribution in [-0.2, 0) is 18.4 Å². The van der Waals surface area contributed by atoms with Gasteiger partial charge in [0.05, 0.1) is 0 Å². The van der Waals surface area contributed by atoms with Crippen molar-refractivity contribution >= 4 is 21.0 Å². The van der Waals surface area contributed by atoms with E-state index in [0.29, 0.717) is 5.56 Å². The standard InChI is InChI=1S/C11H17N3O10P2/c1-5-2-14(11(17)13-9(5)12)10-8(16)7(15)6(24-10)3-23-26(21,22)4-25(18,19)20/h2,8,10,15-16H,3-4H2,1H3,(H,21,22)(H2,12,13,17)(H2,18,19,20)/t8?,10-/m1/s1. The number of hydrogen-bond acceptors (Lipinski definition) is 9. The first kappa shape index (κ1) is 20.6. The number of anilines is 1. The van der Waals surface area contributed by atoms with Crippen molar-refractivity contribution in [2.75, 3.05) is 18.2 Å². The minimum atomic E-state index is -4.83. The van der Waals surface area contributed by atoms with Crippen molar-refractivity contribution in [3.8, 4) is 0 Å². The Hall–Kier alpha value is -1.72. The highest BCUT2D eigenvalue weighted by Gasteiger charge is 2.39. The molecule has 0 spiro atoms. The minimum absolute atomic E-state index is 0.0295. The Balaban J connectivity index is 2.17. The number of nitrogens with zero attached hydrogens (tertiary/aromatic N) is 2. The number of aromatic nitrogens is 2. The number of ether oxygens (including phenoxy) is 1. The van der Waals surface area contributed by atoms with Gasteiger partial charge in [-0.15, -0.1) is 0 Å². The Kier molecular flexibility index (Phi) is 5.64. The Morgan fingerprint density at radius 3 is 2.58 bits per heavy atom. The van der Waals surface area contributed by atoms with E-state index in [-0.39, 0.29) is 5.82 Å². The van der Waals surface area contributed by atoms with Crippen LogP contribution in [0, 0.1) is 6.92 Å². The lowest BCUT2D eigenvalue weighted by Gasteiger charge is -2.19. The van der Waals surface area contributed by atoms with Crippen LogP contribution in [0.2, 0.25) is 0 Å². The van der Waals surface area contributed by atoms with Crippen LogP contribution >= 0.6 is 15.2 Å². The van der Waals surface area contributed by atoms with Crippen LogP contribution in [0.4, 0.5) is 5.82 Å². The molecular formula is C11H17N3O10P2. The summed E-state index contributed by atoms with van der Waals surface area (Å²) in [6.45, 7) is 0.671. The lowest BCUT2D eigenvalue weighted by Crippen LogP contribution is -2.33. The van der Waals surface area contributed by atoms with Gasteiger partial charge in [0.1, 0.15) is 12.4 Å². The van der Waals surface area contributed by atoms with Crippen LogP contribution in [-0.4, -0.2) is 53.1 Å². The maximum absolute atomic E-state index is 11.9. The highest BCUT2D eigenvalue weighted by atomic mass is 31.2. The summed E-state index contributed by atoms with van der Waals surface area (Å²) >= 11 is 0. The predicted octanol–water partition coefficient (Wildman–Crippen LogP) is -0.870. The first-order valence-corrected chi connectivity index (χ1v) is 10.5. The molecule has 2 unspecified atom stereocenters. The number of nitrogens with two attached hydrogens (primary N) is 1. The maximum Gasteiger partial charge on any atom is 0.352 e. The van der Waals surface area contributed by atoms with Crippen LogP contribution in [0.25, 0.3) is 0 Å². The van der Waals surface area contributed by atoms with E-state index in [2.05, 4.69) is 9.51 Å². The van der Waals surface area contributed by atoms with Crippen molar-refractivity contribution in [3.63, 3.8) is 0 Å². The van der Waals surface area contributed by atoms with Gasteiger partial charge >= 0.3 is 20.9 Å². The fraction of sp³-hybridized carbons (Fsp3) is 0.455. The molecule has 1 aromatic heterocycles. The van der Waals surface area contributed by atoms with Gasteiger partial charge in [-0.25, -0.2) is 4.79 Å². The molecule has 1 aliphatic heterocycles. The molecule has 7 N–H and O–H groups in total. The molecule has 0 saturated heterocycles. The summed E-state index contributed by atoms with van der Waals surface area (Å²) < 4.78 is 32.9. The first-order valence-electron chi connectivity index (χ1n) is 6.93. The molecule has 0 bridgehead atoms. The second kappa shape index (κ2) is 7.12. The second-order valence-corrected chi connectivity index (χ2v) is 9.47. The quantitative estimate of drug-likeness (QED) is 0.314. The molecule has 1 aliphatic rings. The predicted molar refractivity (Wildman–Crippen MR) is 86.1 cm³/mol. The summed E-state index contributed by atoms with van der Waals surface area (Å²) in [4.78, 5) is 42.2. The largest absolute Gasteiger partial charge is 0.506 e. The molecule has 0 radical (unpaired) electrons. The zero-order chi connectivity index (χ0) is 19.9. The third kappa shape index (κ3) is 4.71. The molecule has 15 heteroatoms. The molecule has 26 heavy (non-hydrogen) atoms. The van der Waals surface area contributed by atoms with E-state index in [1.54, 1.807) is 6.92 Å². The maximum atomic E-state index is 11.9. The summed E-state index contributed by atoms with van der Waals surface area (Å²) in [6.07, 6.45) is -1.91. The number of aliphatic hydroxyl groups is 2. The van der Waals surface area contributed by atoms with E-state index < -0.39 is 57.2 Å². The van der Waals surface area contributed by atoms with E-state index >= 15 is 0 Å². The zero-order valence-electron chi connectivity index (χ0n) is 13.3. The molecule has 0 aliphatic carbocycles. The van der Waals surface area contributed by atoms with Crippen molar-refractivity contribution in [2.45, 2.75) is 19.3 Å². The summed E-state index contributed by atoms with van der Waals surface area (Å²) in [6, 6.07) is 0. The minimum Gasteiger partial charge on any atom is -0.506 e. The monoisotopic (exact) mass is 413 g/mol. The van der Waals surface area contributed by atoms with Crippen LogP contribution < -0.4 is 11.4 Å². The van der Waals surface area contributed by atoms with Gasteiger partial charge in [-0.3, -0.25) is 18.2 Å². The third-order valence-electron chi connectivity index (χ3n) is 3.31. The fourth-order valence-corrected chi connectivity index (χ4v) is 4.59. The average molecular weight is 413 g/mol. The van der Waals surface area contributed by atoms with Gasteiger partial charge in [-0.05, 0) is 6.92 Å². The highest BCUT2D eigenvalue weighted by molar-refractivity contribution is 7.70. The summed E-state index contributed by atoms with van der Waals surface area (Å²) in [5.74, 6) is -2.71. The lowest BCUT2D eigenvalue weighted by atomic mass is 10.2. The molecule has 13 nitrogen and oxygen atoms in total. The van der Waals surface area contributed by atoms with E-state index in [9.17, 15) is 29.0 Å². The van der Waals surface area contributed by atoms with Crippen molar-refractivity contribution in [3.05, 3.63) is 33.8 Å². The van der Waals surface area contributed by atoms with Gasteiger partial charge in [-0.1, -0.05) is 0 Å². The van der Waals surface area contributed by atoms with Gasteiger partial charge < -0.3 is 35.4 Å². The Bertz CT molecular complexity index is 891. The third-order valence-corrected chi connectivity index (χ3v) is 6.74. The lowest BCUT2D eigenvalue weighted by molar-refractivity contribution is -0.0165. The molecule has 2 rings (SSSR count). The molecule has 3 atom stereocenters. The summed E-state index contributed by atoms with van der Waals surface area (Å²) in [5.41, 5.74) is 5.01. The van der Waals surface area contributed by atoms with Gasteiger partial charge in [-0.2, -0.15) is 4.98 Å². The first-order chi connectivity index (χ1) is 11.8. The average Bonchev–Trinajstić information content (AvgIpc) is 2.75. The van der Waals surface area contributed by atoms with Gasteiger partial charge in [0.2, 0.25) is 6.23 Å². The Morgan fingerprint density at radius 1 is 1.38 bits per heavy atom. The molecule has 1 aromatic rings. The van der Waals surface area contributed by atoms with Crippen LogP contribution in [0.15, 0.2) is 22.5 Å². The molecule has 2 heterocycles. The highest BCUT2D eigenvalue weighted by Crippen LogP contribution is 2.55. The number of hydrogen-bond donors (Lipinski definition) is 6. The van der Waals surface area contributed by atoms with Crippen molar-refractivity contribution < 1.29 is 43.3 Å². The fourth-order valence-electron chi connectivity index (χ4n) is 2.08. The van der Waals surface area contributed by atoms with Gasteiger partial charge in [0, 0.05) is 11.8 Å². The van der Waals surface area contributed by atoms with Crippen molar-refractivity contribution in [2.24, 2.45) is 0 Å². The van der Waals surface area contributed by atoms with E-state index in [1.165, 1.54) is 6.20 Å². The number of aryl methyl sites for hydroxylation is 1. The number of aliphatic hydroxyl groups excluding tert-OH is 2. The van der Waals surface area contributed by atoms with Crippen LogP contribution in [0.5, 0.6) is 0 Å². The molecule has 0 amide bonds. The molecule has 0 saturated carbocycles. The topological polar surface area (TPSA) is 215 Å². The van der Waals surface area contributed by atoms with E-state index in [1.807, 2.05) is 0 Å². The number of nitrogen functional groups attached to an aromatic ring is 1.